The first-order valence-electron chi connectivity index (χ1n) is 28.2. The van der Waals surface area contributed by atoms with Gasteiger partial charge in [0.25, 0.3) is 0 Å². The molecule has 0 atom stereocenters. The van der Waals surface area contributed by atoms with Crippen molar-refractivity contribution < 1.29 is 8.78 Å². The summed E-state index contributed by atoms with van der Waals surface area (Å²) in [5.74, 6) is -0.868. The van der Waals surface area contributed by atoms with E-state index >= 15 is 8.78 Å². The lowest BCUT2D eigenvalue weighted by atomic mass is 9.84. The van der Waals surface area contributed by atoms with E-state index in [2.05, 4.69) is 162 Å². The van der Waals surface area contributed by atoms with Crippen LogP contribution < -0.4 is 9.80 Å². The highest BCUT2D eigenvalue weighted by Crippen LogP contribution is 2.47. The van der Waals surface area contributed by atoms with Crippen LogP contribution >= 0.6 is 0 Å². The number of nitrogens with zero attached hydrogens (tertiary/aromatic N) is 4. The lowest BCUT2D eigenvalue weighted by Gasteiger charge is -2.25. The molecule has 12 aromatic rings. The Morgan fingerprint density at radius 1 is 0.415 bits per heavy atom. The average Bonchev–Trinajstić information content (AvgIpc) is 1.16. The van der Waals surface area contributed by atoms with E-state index in [-0.39, 0.29) is 0 Å². The van der Waals surface area contributed by atoms with Crippen LogP contribution in [0.5, 0.6) is 0 Å². The molecule has 0 fully saturated rings. The van der Waals surface area contributed by atoms with E-state index in [1.54, 1.807) is 12.1 Å². The topological polar surface area (TPSA) is 34.6 Å². The summed E-state index contributed by atoms with van der Waals surface area (Å²) >= 11 is 0. The third-order valence-electron chi connectivity index (χ3n) is 15.7. The molecular formula is C76H58F2N4. The van der Waals surface area contributed by atoms with Gasteiger partial charge in [-0.25, -0.2) is 13.6 Å². The van der Waals surface area contributed by atoms with Crippen molar-refractivity contribution in [3.05, 3.63) is 280 Å². The standard InChI is InChI=1S/C76H58F2N4/c1-4-6-20-53-42-57(50-79)73-64-46-55(36-30-51-32-38-62(39-33-51)81(58-22-12-8-13-23-58)59-24-14-9-15-25-59)75-67-49-71(78)69-44-54(21-7-5-2)45-72(80-3)76(69)65(67)47-56(74(75)66(64)48-70(77)68(73)43-53)37-31-52-34-40-63(41-35-52)82(60-26-16-10-17-27-60)61-28-18-11-19-29-61/h8-19,22-49H,4-7,20-21H2,1-2H3/b36-30+,37-31+. The van der Waals surface area contributed by atoms with Crippen molar-refractivity contribution in [2.75, 3.05) is 9.80 Å². The van der Waals surface area contributed by atoms with E-state index in [0.29, 0.717) is 65.1 Å². The van der Waals surface area contributed by atoms with E-state index in [1.807, 2.05) is 103 Å². The van der Waals surface area contributed by atoms with Gasteiger partial charge in [-0.05, 0) is 200 Å². The summed E-state index contributed by atoms with van der Waals surface area (Å²) in [5.41, 5.74) is 12.1. The first kappa shape index (κ1) is 52.6. The average molecular weight is 1070 g/mol. The van der Waals surface area contributed by atoms with Crippen molar-refractivity contribution in [2.24, 2.45) is 0 Å². The molecule has 0 amide bonds. The second-order valence-corrected chi connectivity index (χ2v) is 21.0. The predicted molar refractivity (Wildman–Crippen MR) is 342 cm³/mol. The number of nitriles is 1. The van der Waals surface area contributed by atoms with Gasteiger partial charge in [-0.1, -0.05) is 166 Å². The number of rotatable bonds is 16. The van der Waals surface area contributed by atoms with Gasteiger partial charge in [0.2, 0.25) is 0 Å². The van der Waals surface area contributed by atoms with Gasteiger partial charge in [0, 0.05) is 50.3 Å². The van der Waals surface area contributed by atoms with Gasteiger partial charge in [0.05, 0.1) is 18.2 Å². The minimum absolute atomic E-state index is 0.381. The monoisotopic (exact) mass is 1060 g/mol. The number of para-hydroxylation sites is 4. The fraction of sp³-hybridized carbons (Fsp3) is 0.105. The second-order valence-electron chi connectivity index (χ2n) is 21.0. The molecule has 12 aromatic carbocycles. The van der Waals surface area contributed by atoms with Crippen molar-refractivity contribution in [3.63, 3.8) is 0 Å². The van der Waals surface area contributed by atoms with Crippen LogP contribution in [0.3, 0.4) is 0 Å². The Bertz CT molecular complexity index is 4110. The molecule has 0 aliphatic carbocycles. The molecule has 0 unspecified atom stereocenters. The molecule has 0 spiro atoms. The summed E-state index contributed by atoms with van der Waals surface area (Å²) in [7, 11) is 0. The summed E-state index contributed by atoms with van der Waals surface area (Å²) in [6.45, 7) is 12.8. The molecule has 0 saturated carbocycles. The molecule has 0 bridgehead atoms. The summed E-state index contributed by atoms with van der Waals surface area (Å²) < 4.78 is 34.7. The number of anilines is 6. The Morgan fingerprint density at radius 2 is 0.780 bits per heavy atom. The first-order chi connectivity index (χ1) is 40.3. The highest BCUT2D eigenvalue weighted by atomic mass is 19.1. The van der Waals surface area contributed by atoms with Crippen molar-refractivity contribution in [1.29, 1.82) is 5.26 Å². The van der Waals surface area contributed by atoms with Gasteiger partial charge in [-0.3, -0.25) is 0 Å². The molecular weight excluding hydrogens is 1010 g/mol. The Labute approximate surface area is 478 Å². The van der Waals surface area contributed by atoms with Crippen LogP contribution in [0, 0.1) is 29.5 Å². The zero-order chi connectivity index (χ0) is 56.1. The first-order valence-corrected chi connectivity index (χ1v) is 28.2. The third-order valence-corrected chi connectivity index (χ3v) is 15.7. The van der Waals surface area contributed by atoms with Gasteiger partial charge < -0.3 is 9.80 Å². The molecule has 0 aromatic heterocycles. The molecule has 0 aliphatic heterocycles. The molecule has 0 N–H and O–H groups in total. The predicted octanol–water partition coefficient (Wildman–Crippen LogP) is 22.1. The Morgan fingerprint density at radius 3 is 1.17 bits per heavy atom. The normalized spacial score (nSPS) is 11.6. The van der Waals surface area contributed by atoms with Gasteiger partial charge in [-0.15, -0.1) is 0 Å². The quantitative estimate of drug-likeness (QED) is 0.0549. The molecule has 4 nitrogen and oxygen atoms in total. The number of fused-ring (bicyclic) bond motifs is 9. The minimum Gasteiger partial charge on any atom is -0.311 e. The minimum atomic E-state index is -0.436. The van der Waals surface area contributed by atoms with Crippen LogP contribution in [0.2, 0.25) is 0 Å². The van der Waals surface area contributed by atoms with E-state index in [1.165, 1.54) is 0 Å². The van der Waals surface area contributed by atoms with Gasteiger partial charge in [-0.2, -0.15) is 5.26 Å². The van der Waals surface area contributed by atoms with E-state index in [9.17, 15) is 5.26 Å². The smallest absolute Gasteiger partial charge is 0.195 e. The van der Waals surface area contributed by atoms with Crippen LogP contribution in [-0.4, -0.2) is 0 Å². The molecule has 6 heteroatoms. The maximum Gasteiger partial charge on any atom is 0.195 e. The Hall–Kier alpha value is -10.1. The van der Waals surface area contributed by atoms with Crippen LogP contribution in [0.1, 0.15) is 78.5 Å². The van der Waals surface area contributed by atoms with Gasteiger partial charge in [0.15, 0.2) is 5.69 Å². The van der Waals surface area contributed by atoms with E-state index in [0.717, 1.165) is 106 Å². The number of benzene rings is 12. The zero-order valence-corrected chi connectivity index (χ0v) is 45.9. The summed E-state index contributed by atoms with van der Waals surface area (Å²) in [6, 6.07) is 75.3. The summed E-state index contributed by atoms with van der Waals surface area (Å²) in [4.78, 5) is 8.53. The maximum atomic E-state index is 17.3. The number of unbranched alkanes of at least 4 members (excludes halogenated alkanes) is 2. The van der Waals surface area contributed by atoms with Crippen molar-refractivity contribution in [2.45, 2.75) is 52.4 Å². The maximum absolute atomic E-state index is 17.3. The van der Waals surface area contributed by atoms with Crippen LogP contribution in [0.4, 0.5) is 48.6 Å². The lowest BCUT2D eigenvalue weighted by molar-refractivity contribution is 0.641. The van der Waals surface area contributed by atoms with Crippen molar-refractivity contribution >= 4 is 118 Å². The molecule has 396 valence electrons. The largest absolute Gasteiger partial charge is 0.311 e. The van der Waals surface area contributed by atoms with Crippen LogP contribution in [0.15, 0.2) is 218 Å². The molecule has 82 heavy (non-hydrogen) atoms. The molecule has 0 aliphatic rings. The molecule has 0 radical (unpaired) electrons. The van der Waals surface area contributed by atoms with Crippen molar-refractivity contribution in [3.8, 4) is 6.07 Å². The van der Waals surface area contributed by atoms with E-state index in [4.69, 9.17) is 6.57 Å². The highest BCUT2D eigenvalue weighted by molar-refractivity contribution is 6.31. The fourth-order valence-electron chi connectivity index (χ4n) is 11.7. The fourth-order valence-corrected chi connectivity index (χ4v) is 11.7. The Kier molecular flexibility index (Phi) is 14.9. The van der Waals surface area contributed by atoms with Crippen LogP contribution in [0.25, 0.3) is 83.0 Å². The van der Waals surface area contributed by atoms with Crippen molar-refractivity contribution in [1.82, 2.24) is 0 Å². The zero-order valence-electron chi connectivity index (χ0n) is 45.9. The highest BCUT2D eigenvalue weighted by Gasteiger charge is 2.23. The number of aryl methyl sites for hydroxylation is 2. The van der Waals surface area contributed by atoms with Gasteiger partial charge >= 0.3 is 0 Å². The Balaban J connectivity index is 1.11. The van der Waals surface area contributed by atoms with Crippen LogP contribution in [-0.2, 0) is 12.8 Å². The number of hydrogen-bond acceptors (Lipinski definition) is 3. The third kappa shape index (κ3) is 10.2. The molecule has 12 rings (SSSR count). The lowest BCUT2D eigenvalue weighted by Crippen LogP contribution is -2.09. The molecule has 0 heterocycles. The SMILES string of the molecule is [C-]#[N+]c1cc(CCCC)cc2c(F)cc3c(cc(/C=C/c4ccc(N(c5ccccc5)c5ccccc5)cc4)c4c5cc(F)c6cc(CCCC)cc(C#N)c6c5cc(/C=C/c5ccc(N(c6ccccc6)c6ccccc6)cc5)c34)c12. The summed E-state index contributed by atoms with van der Waals surface area (Å²) in [6.07, 6.45) is 13.4. The van der Waals surface area contributed by atoms with Gasteiger partial charge in [0.1, 0.15) is 11.6 Å². The molecule has 0 saturated heterocycles. The number of hydrogen-bond donors (Lipinski definition) is 0. The van der Waals surface area contributed by atoms with E-state index < -0.39 is 11.6 Å². The second kappa shape index (κ2) is 23.3. The number of halogens is 2. The summed E-state index contributed by atoms with van der Waals surface area (Å²) in [5, 5.41) is 16.8.